The lowest BCUT2D eigenvalue weighted by molar-refractivity contribution is -0.123. The summed E-state index contributed by atoms with van der Waals surface area (Å²) >= 11 is 0.994. The lowest BCUT2D eigenvalue weighted by Crippen LogP contribution is -2.27. The van der Waals surface area contributed by atoms with Gasteiger partial charge in [-0.15, -0.1) is 0 Å². The van der Waals surface area contributed by atoms with Gasteiger partial charge in [-0.05, 0) is 77.9 Å². The van der Waals surface area contributed by atoms with Crippen molar-refractivity contribution in [2.45, 2.75) is 20.4 Å². The standard InChI is InChI=1S/C28H24N2O3S/c1-18-13-23(19(2)30(18)24-9-6-10-25(16-24)33-3)15-26-27(31)29(28(32)34-26)17-20-11-12-21-7-4-5-8-22(21)14-20/h4-16H,17H2,1-3H3/b26-15-. The molecule has 5 rings (SSSR count). The highest BCUT2D eigenvalue weighted by Crippen LogP contribution is 2.35. The van der Waals surface area contributed by atoms with Gasteiger partial charge in [-0.25, -0.2) is 0 Å². The zero-order chi connectivity index (χ0) is 23.8. The van der Waals surface area contributed by atoms with Gasteiger partial charge < -0.3 is 9.30 Å². The fourth-order valence-electron chi connectivity index (χ4n) is 4.38. The van der Waals surface area contributed by atoms with Crippen molar-refractivity contribution in [3.05, 3.63) is 100 Å². The van der Waals surface area contributed by atoms with Crippen molar-refractivity contribution in [3.63, 3.8) is 0 Å². The van der Waals surface area contributed by atoms with Crippen LogP contribution in [0.15, 0.2) is 77.7 Å². The molecule has 1 saturated heterocycles. The van der Waals surface area contributed by atoms with Crippen molar-refractivity contribution in [3.8, 4) is 11.4 Å². The molecule has 0 bridgehead atoms. The van der Waals surface area contributed by atoms with Crippen LogP contribution in [0.4, 0.5) is 4.79 Å². The first kappa shape index (κ1) is 22.0. The fourth-order valence-corrected chi connectivity index (χ4v) is 5.21. The third-order valence-electron chi connectivity index (χ3n) is 6.10. The number of benzene rings is 3. The number of hydrogen-bond donors (Lipinski definition) is 0. The Morgan fingerprint density at radius 1 is 0.912 bits per heavy atom. The van der Waals surface area contributed by atoms with E-state index in [2.05, 4.69) is 4.57 Å². The van der Waals surface area contributed by atoms with E-state index in [-0.39, 0.29) is 17.7 Å². The molecule has 0 radical (unpaired) electrons. The highest BCUT2D eigenvalue weighted by molar-refractivity contribution is 8.18. The first-order chi connectivity index (χ1) is 16.4. The van der Waals surface area contributed by atoms with Crippen molar-refractivity contribution >= 4 is 39.8 Å². The van der Waals surface area contributed by atoms with Crippen LogP contribution in [0.1, 0.15) is 22.5 Å². The van der Waals surface area contributed by atoms with Crippen LogP contribution in [-0.2, 0) is 11.3 Å². The molecule has 0 atom stereocenters. The quantitative estimate of drug-likeness (QED) is 0.314. The third-order valence-corrected chi connectivity index (χ3v) is 7.00. The van der Waals surface area contributed by atoms with Gasteiger partial charge in [0.15, 0.2) is 0 Å². The number of fused-ring (bicyclic) bond motifs is 1. The summed E-state index contributed by atoms with van der Waals surface area (Å²) in [7, 11) is 1.65. The smallest absolute Gasteiger partial charge is 0.293 e. The fraction of sp³-hybridized carbons (Fsp3) is 0.143. The largest absolute Gasteiger partial charge is 0.497 e. The minimum Gasteiger partial charge on any atom is -0.497 e. The maximum absolute atomic E-state index is 13.1. The lowest BCUT2D eigenvalue weighted by Gasteiger charge is -2.13. The van der Waals surface area contributed by atoms with Gasteiger partial charge in [0.1, 0.15) is 5.75 Å². The SMILES string of the molecule is COc1cccc(-n2c(C)cc(/C=C3\SC(=O)N(Cc4ccc5ccccc5c4)C3=O)c2C)c1. The van der Waals surface area contributed by atoms with E-state index in [0.29, 0.717) is 4.91 Å². The van der Waals surface area contributed by atoms with E-state index in [1.165, 1.54) is 4.90 Å². The Morgan fingerprint density at radius 3 is 2.50 bits per heavy atom. The summed E-state index contributed by atoms with van der Waals surface area (Å²) in [6.45, 7) is 4.29. The number of hydrogen-bond acceptors (Lipinski definition) is 4. The van der Waals surface area contributed by atoms with Gasteiger partial charge in [0.25, 0.3) is 11.1 Å². The molecule has 0 unspecified atom stereocenters. The molecule has 2 amide bonds. The van der Waals surface area contributed by atoms with Crippen LogP contribution in [0.25, 0.3) is 22.5 Å². The van der Waals surface area contributed by atoms with E-state index < -0.39 is 0 Å². The third kappa shape index (κ3) is 4.01. The predicted octanol–water partition coefficient (Wildman–Crippen LogP) is 6.49. The Bertz CT molecular complexity index is 1470. The Hall–Kier alpha value is -3.77. The molecule has 0 aliphatic carbocycles. The second-order valence-electron chi connectivity index (χ2n) is 8.31. The zero-order valence-corrected chi connectivity index (χ0v) is 20.1. The van der Waals surface area contributed by atoms with E-state index in [1.54, 1.807) is 7.11 Å². The minimum atomic E-state index is -0.255. The molecule has 4 aromatic rings. The molecule has 5 nitrogen and oxygen atoms in total. The van der Waals surface area contributed by atoms with E-state index in [0.717, 1.165) is 56.5 Å². The number of thioether (sulfide) groups is 1. The first-order valence-corrected chi connectivity index (χ1v) is 11.8. The van der Waals surface area contributed by atoms with Gasteiger partial charge in [0.2, 0.25) is 0 Å². The Kier molecular flexibility index (Phi) is 5.75. The normalized spacial score (nSPS) is 15.0. The van der Waals surface area contributed by atoms with Gasteiger partial charge in [0.05, 0.1) is 18.6 Å². The Morgan fingerprint density at radius 2 is 1.71 bits per heavy atom. The van der Waals surface area contributed by atoms with E-state index in [9.17, 15) is 9.59 Å². The number of carbonyl (C=O) groups is 2. The van der Waals surface area contributed by atoms with E-state index in [4.69, 9.17) is 4.74 Å². The maximum atomic E-state index is 13.1. The molecule has 0 saturated carbocycles. The molecule has 2 heterocycles. The monoisotopic (exact) mass is 468 g/mol. The summed E-state index contributed by atoms with van der Waals surface area (Å²) in [5.74, 6) is 0.524. The van der Waals surface area contributed by atoms with Gasteiger partial charge in [-0.3, -0.25) is 14.5 Å². The van der Waals surface area contributed by atoms with Gasteiger partial charge in [0, 0.05) is 23.1 Å². The zero-order valence-electron chi connectivity index (χ0n) is 19.2. The number of methoxy groups -OCH3 is 1. The van der Waals surface area contributed by atoms with E-state index in [1.807, 2.05) is 92.7 Å². The molecule has 1 aliphatic heterocycles. The van der Waals surface area contributed by atoms with Crippen LogP contribution >= 0.6 is 11.8 Å². The summed E-state index contributed by atoms with van der Waals surface area (Å²) in [6.07, 6.45) is 1.82. The average molecular weight is 469 g/mol. The molecule has 3 aromatic carbocycles. The van der Waals surface area contributed by atoms with Crippen molar-refractivity contribution in [2.24, 2.45) is 0 Å². The number of amides is 2. The first-order valence-electron chi connectivity index (χ1n) is 11.0. The van der Waals surface area contributed by atoms with Crippen molar-refractivity contribution < 1.29 is 14.3 Å². The molecule has 1 aliphatic rings. The highest BCUT2D eigenvalue weighted by Gasteiger charge is 2.35. The summed E-state index contributed by atoms with van der Waals surface area (Å²) in [6, 6.07) is 24.0. The molecular weight excluding hydrogens is 444 g/mol. The Labute approximate surface area is 202 Å². The van der Waals surface area contributed by atoms with Gasteiger partial charge in [-0.2, -0.15) is 0 Å². The van der Waals surface area contributed by atoms with Crippen LogP contribution < -0.4 is 4.74 Å². The minimum absolute atomic E-state index is 0.244. The molecule has 1 aromatic heterocycles. The number of aromatic nitrogens is 1. The molecular formula is C28H24N2O3S. The van der Waals surface area contributed by atoms with Crippen LogP contribution in [0.2, 0.25) is 0 Å². The summed E-state index contributed by atoms with van der Waals surface area (Å²) in [4.78, 5) is 27.6. The van der Waals surface area contributed by atoms with Crippen LogP contribution in [0.5, 0.6) is 5.75 Å². The second kappa shape index (κ2) is 8.88. The number of ether oxygens (including phenoxy) is 1. The molecule has 0 spiro atoms. The van der Waals surface area contributed by atoms with Crippen molar-refractivity contribution in [1.29, 1.82) is 0 Å². The number of aryl methyl sites for hydroxylation is 1. The van der Waals surface area contributed by atoms with E-state index >= 15 is 0 Å². The topological polar surface area (TPSA) is 51.5 Å². The summed E-state index contributed by atoms with van der Waals surface area (Å²) in [5, 5.41) is 1.98. The second-order valence-corrected chi connectivity index (χ2v) is 9.31. The molecule has 0 N–H and O–H groups in total. The maximum Gasteiger partial charge on any atom is 0.293 e. The number of rotatable bonds is 5. The van der Waals surface area contributed by atoms with Gasteiger partial charge >= 0.3 is 0 Å². The molecule has 6 heteroatoms. The number of imide groups is 1. The Balaban J connectivity index is 1.42. The van der Waals surface area contributed by atoms with Crippen LogP contribution in [-0.4, -0.2) is 27.7 Å². The van der Waals surface area contributed by atoms with Crippen molar-refractivity contribution in [2.75, 3.05) is 7.11 Å². The summed E-state index contributed by atoms with van der Waals surface area (Å²) < 4.78 is 7.48. The highest BCUT2D eigenvalue weighted by atomic mass is 32.2. The van der Waals surface area contributed by atoms with Crippen LogP contribution in [0, 0.1) is 13.8 Å². The number of nitrogens with zero attached hydrogens (tertiary/aromatic N) is 2. The van der Waals surface area contributed by atoms with Crippen molar-refractivity contribution in [1.82, 2.24) is 9.47 Å². The molecule has 170 valence electrons. The van der Waals surface area contributed by atoms with Crippen LogP contribution in [0.3, 0.4) is 0 Å². The number of carbonyl (C=O) groups excluding carboxylic acids is 2. The van der Waals surface area contributed by atoms with Gasteiger partial charge in [-0.1, -0.05) is 42.5 Å². The predicted molar refractivity (Wildman–Crippen MR) is 137 cm³/mol. The molecule has 34 heavy (non-hydrogen) atoms. The summed E-state index contributed by atoms with van der Waals surface area (Å²) in [5.41, 5.74) is 4.85. The lowest BCUT2D eigenvalue weighted by atomic mass is 10.1. The average Bonchev–Trinajstić information content (AvgIpc) is 3.27. The molecule has 1 fully saturated rings.